The number of para-hydroxylation sites is 1. The fourth-order valence-corrected chi connectivity index (χ4v) is 3.31. The number of methoxy groups -OCH3 is 1. The topological polar surface area (TPSA) is 81.4 Å². The molecule has 0 aliphatic carbocycles. The van der Waals surface area contributed by atoms with Crippen LogP contribution in [0.4, 0.5) is 5.13 Å². The van der Waals surface area contributed by atoms with Crippen molar-refractivity contribution in [3.05, 3.63) is 76.0 Å². The molecule has 1 amide bonds. The predicted molar refractivity (Wildman–Crippen MR) is 105 cm³/mol. The summed E-state index contributed by atoms with van der Waals surface area (Å²) in [4.78, 5) is 29.0. The Morgan fingerprint density at radius 2 is 1.93 bits per heavy atom. The SMILES string of the molecule is COc1ccc(-c2csc(NC(=O)c3cc(=O)c4ccccc4o3)n2)cc1. The van der Waals surface area contributed by atoms with E-state index in [0.717, 1.165) is 17.0 Å². The lowest BCUT2D eigenvalue weighted by Gasteiger charge is -2.03. The summed E-state index contributed by atoms with van der Waals surface area (Å²) in [6.07, 6.45) is 0. The van der Waals surface area contributed by atoms with Crippen LogP contribution in [0.5, 0.6) is 5.75 Å². The highest BCUT2D eigenvalue weighted by Crippen LogP contribution is 2.26. The van der Waals surface area contributed by atoms with Gasteiger partial charge in [0.2, 0.25) is 0 Å². The maximum atomic E-state index is 12.4. The molecule has 0 aliphatic rings. The van der Waals surface area contributed by atoms with E-state index in [0.29, 0.717) is 16.1 Å². The van der Waals surface area contributed by atoms with Crippen molar-refractivity contribution in [1.29, 1.82) is 0 Å². The van der Waals surface area contributed by atoms with E-state index in [4.69, 9.17) is 9.15 Å². The van der Waals surface area contributed by atoms with Crippen LogP contribution in [0.1, 0.15) is 10.6 Å². The van der Waals surface area contributed by atoms with Crippen LogP contribution < -0.4 is 15.5 Å². The van der Waals surface area contributed by atoms with Gasteiger partial charge in [-0.1, -0.05) is 12.1 Å². The lowest BCUT2D eigenvalue weighted by Crippen LogP contribution is -2.14. The average Bonchev–Trinajstić information content (AvgIpc) is 3.16. The lowest BCUT2D eigenvalue weighted by atomic mass is 10.2. The molecule has 0 aliphatic heterocycles. The van der Waals surface area contributed by atoms with Crippen LogP contribution >= 0.6 is 11.3 Å². The number of amides is 1. The Labute approximate surface area is 158 Å². The normalized spacial score (nSPS) is 10.7. The summed E-state index contributed by atoms with van der Waals surface area (Å²) in [6.45, 7) is 0. The van der Waals surface area contributed by atoms with Crippen LogP contribution in [0.25, 0.3) is 22.2 Å². The highest BCUT2D eigenvalue weighted by atomic mass is 32.1. The molecule has 1 N–H and O–H groups in total. The van der Waals surface area contributed by atoms with Gasteiger partial charge in [-0.3, -0.25) is 14.9 Å². The average molecular weight is 378 g/mol. The zero-order chi connectivity index (χ0) is 18.8. The first-order chi connectivity index (χ1) is 13.1. The number of benzene rings is 2. The van der Waals surface area contributed by atoms with E-state index in [1.807, 2.05) is 29.6 Å². The molecule has 27 heavy (non-hydrogen) atoms. The number of carbonyl (C=O) groups excluding carboxylic acids is 1. The van der Waals surface area contributed by atoms with Gasteiger partial charge in [0.25, 0.3) is 5.91 Å². The predicted octanol–water partition coefficient (Wildman–Crippen LogP) is 4.18. The third-order valence-corrected chi connectivity index (χ3v) is 4.73. The zero-order valence-electron chi connectivity index (χ0n) is 14.3. The van der Waals surface area contributed by atoms with Gasteiger partial charge >= 0.3 is 0 Å². The zero-order valence-corrected chi connectivity index (χ0v) is 15.1. The minimum atomic E-state index is -0.520. The van der Waals surface area contributed by atoms with E-state index in [9.17, 15) is 9.59 Å². The molecule has 0 bridgehead atoms. The number of nitrogens with one attached hydrogen (secondary N) is 1. The first kappa shape index (κ1) is 17.0. The number of thiazole rings is 1. The molecule has 0 atom stereocenters. The van der Waals surface area contributed by atoms with Crippen molar-refractivity contribution in [1.82, 2.24) is 4.98 Å². The van der Waals surface area contributed by atoms with E-state index in [1.165, 1.54) is 17.4 Å². The Kier molecular flexibility index (Phi) is 4.43. The molecule has 6 nitrogen and oxygen atoms in total. The molecule has 2 aromatic carbocycles. The van der Waals surface area contributed by atoms with E-state index in [2.05, 4.69) is 10.3 Å². The van der Waals surface area contributed by atoms with Crippen LogP contribution in [-0.2, 0) is 0 Å². The molecule has 7 heteroatoms. The minimum absolute atomic E-state index is 0.0557. The van der Waals surface area contributed by atoms with Gasteiger partial charge in [-0.2, -0.15) is 0 Å². The molecule has 0 unspecified atom stereocenters. The van der Waals surface area contributed by atoms with Crippen molar-refractivity contribution < 1.29 is 13.9 Å². The van der Waals surface area contributed by atoms with Gasteiger partial charge in [0.15, 0.2) is 16.3 Å². The van der Waals surface area contributed by atoms with E-state index in [1.54, 1.807) is 31.4 Å². The summed E-state index contributed by atoms with van der Waals surface area (Å²) in [7, 11) is 1.61. The summed E-state index contributed by atoms with van der Waals surface area (Å²) in [5.74, 6) is 0.183. The minimum Gasteiger partial charge on any atom is -0.497 e. The third-order valence-electron chi connectivity index (χ3n) is 3.97. The summed E-state index contributed by atoms with van der Waals surface area (Å²) in [5, 5.41) is 5.37. The molecule has 0 fully saturated rings. The number of hydrogen-bond acceptors (Lipinski definition) is 6. The molecule has 2 aromatic heterocycles. The number of ether oxygens (including phenoxy) is 1. The van der Waals surface area contributed by atoms with Crippen molar-refractivity contribution >= 4 is 33.3 Å². The van der Waals surface area contributed by atoms with Crippen molar-refractivity contribution in [2.75, 3.05) is 12.4 Å². The van der Waals surface area contributed by atoms with Crippen LogP contribution in [0.3, 0.4) is 0 Å². The summed E-state index contributed by atoms with van der Waals surface area (Å²) in [5.41, 5.74) is 1.75. The number of hydrogen-bond donors (Lipinski definition) is 1. The van der Waals surface area contributed by atoms with Gasteiger partial charge in [-0.05, 0) is 36.4 Å². The highest BCUT2D eigenvalue weighted by molar-refractivity contribution is 7.14. The van der Waals surface area contributed by atoms with E-state index in [-0.39, 0.29) is 11.2 Å². The van der Waals surface area contributed by atoms with Crippen LogP contribution in [0, 0.1) is 0 Å². The first-order valence-corrected chi connectivity index (χ1v) is 8.96. The highest BCUT2D eigenvalue weighted by Gasteiger charge is 2.14. The van der Waals surface area contributed by atoms with Gasteiger partial charge in [0.05, 0.1) is 18.2 Å². The van der Waals surface area contributed by atoms with Crippen molar-refractivity contribution in [3.63, 3.8) is 0 Å². The molecule has 4 rings (SSSR count). The number of rotatable bonds is 4. The van der Waals surface area contributed by atoms with Crippen molar-refractivity contribution in [2.24, 2.45) is 0 Å². The Morgan fingerprint density at radius 1 is 1.15 bits per heavy atom. The number of nitrogens with zero attached hydrogens (tertiary/aromatic N) is 1. The molecule has 134 valence electrons. The Bertz CT molecular complexity index is 1180. The summed E-state index contributed by atoms with van der Waals surface area (Å²) >= 11 is 1.29. The maximum Gasteiger partial charge on any atom is 0.293 e. The number of fused-ring (bicyclic) bond motifs is 1. The van der Waals surface area contributed by atoms with Gasteiger partial charge in [-0.25, -0.2) is 4.98 Å². The number of anilines is 1. The Balaban J connectivity index is 1.56. The second-order valence-corrected chi connectivity index (χ2v) is 6.55. The van der Waals surface area contributed by atoms with Gasteiger partial charge in [0, 0.05) is 17.0 Å². The third kappa shape index (κ3) is 3.45. The second-order valence-electron chi connectivity index (χ2n) is 5.69. The van der Waals surface area contributed by atoms with Crippen LogP contribution in [0.2, 0.25) is 0 Å². The Morgan fingerprint density at radius 3 is 2.70 bits per heavy atom. The standard InChI is InChI=1S/C20H14N2O4S/c1-25-13-8-6-12(7-9-13)15-11-27-20(21-15)22-19(24)18-10-16(23)14-4-2-3-5-17(14)26-18/h2-11H,1H3,(H,21,22,24). The van der Waals surface area contributed by atoms with Crippen molar-refractivity contribution in [3.8, 4) is 17.0 Å². The molecular weight excluding hydrogens is 364 g/mol. The van der Waals surface area contributed by atoms with Crippen molar-refractivity contribution in [2.45, 2.75) is 0 Å². The molecule has 0 saturated carbocycles. The molecule has 0 spiro atoms. The molecule has 2 heterocycles. The fourth-order valence-electron chi connectivity index (χ4n) is 2.60. The lowest BCUT2D eigenvalue weighted by molar-refractivity contribution is 0.0997. The second kappa shape index (κ2) is 7.05. The monoisotopic (exact) mass is 378 g/mol. The molecule has 0 radical (unpaired) electrons. The first-order valence-electron chi connectivity index (χ1n) is 8.08. The molecule has 4 aromatic rings. The van der Waals surface area contributed by atoms with Crippen LogP contribution in [-0.4, -0.2) is 18.0 Å². The Hall–Kier alpha value is -3.45. The van der Waals surface area contributed by atoms with E-state index < -0.39 is 5.91 Å². The maximum absolute atomic E-state index is 12.4. The van der Waals surface area contributed by atoms with Gasteiger partial charge in [0.1, 0.15) is 11.3 Å². The fraction of sp³-hybridized carbons (Fsp3) is 0.0500. The van der Waals surface area contributed by atoms with Crippen LogP contribution in [0.15, 0.2) is 69.2 Å². The number of aromatic nitrogens is 1. The molecule has 0 saturated heterocycles. The summed E-state index contributed by atoms with van der Waals surface area (Å²) in [6, 6.07) is 15.5. The van der Waals surface area contributed by atoms with Gasteiger partial charge in [-0.15, -0.1) is 11.3 Å². The quantitative estimate of drug-likeness (QED) is 0.576. The van der Waals surface area contributed by atoms with Gasteiger partial charge < -0.3 is 9.15 Å². The smallest absolute Gasteiger partial charge is 0.293 e. The summed E-state index contributed by atoms with van der Waals surface area (Å²) < 4.78 is 10.7. The van der Waals surface area contributed by atoms with E-state index >= 15 is 0 Å². The molecular formula is C20H14N2O4S. The number of carbonyl (C=O) groups is 1. The largest absolute Gasteiger partial charge is 0.497 e.